The van der Waals surface area contributed by atoms with E-state index in [0.717, 1.165) is 12.8 Å². The van der Waals surface area contributed by atoms with E-state index in [9.17, 15) is 22.7 Å². The summed E-state index contributed by atoms with van der Waals surface area (Å²) in [6.07, 6.45) is 3.94. The van der Waals surface area contributed by atoms with Gasteiger partial charge in [-0.15, -0.1) is 0 Å². The van der Waals surface area contributed by atoms with Crippen LogP contribution in [0.25, 0.3) is 0 Å². The van der Waals surface area contributed by atoms with Crippen molar-refractivity contribution in [1.29, 1.82) is 0 Å². The molecule has 0 aromatic heterocycles. The number of likely N-dealkylation sites (tertiary alicyclic amines) is 1. The Morgan fingerprint density at radius 1 is 0.935 bits per heavy atom. The lowest BCUT2D eigenvalue weighted by molar-refractivity contribution is 0.0462. The highest BCUT2D eigenvalue weighted by atomic mass is 32.2. The van der Waals surface area contributed by atoms with Gasteiger partial charge in [-0.3, -0.25) is 4.79 Å². The zero-order valence-corrected chi connectivity index (χ0v) is 18.2. The number of carbonyl (C=O) groups excluding carboxylic acids is 1. The normalized spacial score (nSPS) is 19.5. The summed E-state index contributed by atoms with van der Waals surface area (Å²) in [6, 6.07) is 12.2. The first-order valence-electron chi connectivity index (χ1n) is 10.9. The first kappa shape index (κ1) is 22.0. The Labute approximate surface area is 182 Å². The molecular weight excluding hydrogens is 417 g/mol. The molecule has 0 bridgehead atoms. The molecule has 1 N–H and O–H groups in total. The van der Waals surface area contributed by atoms with E-state index >= 15 is 0 Å². The third kappa shape index (κ3) is 4.67. The number of piperidine rings is 1. The minimum atomic E-state index is -3.33. The molecule has 7 heteroatoms. The van der Waals surface area contributed by atoms with Crippen molar-refractivity contribution < 1.29 is 22.7 Å². The number of aliphatic hydroxyl groups is 1. The number of benzene rings is 2. The Kier molecular flexibility index (Phi) is 6.44. The summed E-state index contributed by atoms with van der Waals surface area (Å²) in [4.78, 5) is 14.9. The predicted octanol–water partition coefficient (Wildman–Crippen LogP) is 4.13. The molecule has 4 rings (SSSR count). The van der Waals surface area contributed by atoms with Gasteiger partial charge in [0, 0.05) is 18.7 Å². The number of hydrogen-bond acceptors (Lipinski definition) is 4. The molecule has 2 fully saturated rings. The molecule has 1 atom stereocenters. The number of halogens is 1. The Balaban J connectivity index is 1.37. The molecule has 1 aliphatic heterocycles. The van der Waals surface area contributed by atoms with E-state index in [4.69, 9.17) is 0 Å². The highest BCUT2D eigenvalue weighted by Gasteiger charge is 2.31. The number of rotatable bonds is 5. The largest absolute Gasteiger partial charge is 0.388 e. The van der Waals surface area contributed by atoms with Gasteiger partial charge in [0.05, 0.1) is 16.2 Å². The van der Waals surface area contributed by atoms with Crippen molar-refractivity contribution >= 4 is 15.7 Å². The molecule has 2 aromatic rings. The van der Waals surface area contributed by atoms with Crippen LogP contribution in [-0.4, -0.2) is 42.7 Å². The molecule has 2 aromatic carbocycles. The SMILES string of the molecule is O=C(c1ccc(S(=O)(=O)C2CCCC2)cc1)N1CCC([C@H](O)c2ccc(F)cc2)CC1. The van der Waals surface area contributed by atoms with Crippen LogP contribution >= 0.6 is 0 Å². The molecule has 0 spiro atoms. The third-order valence-corrected chi connectivity index (χ3v) is 8.93. The van der Waals surface area contributed by atoms with E-state index in [-0.39, 0.29) is 27.8 Å². The summed E-state index contributed by atoms with van der Waals surface area (Å²) in [5, 5.41) is 10.3. The fourth-order valence-corrected chi connectivity index (χ4v) is 6.57. The molecule has 1 aliphatic carbocycles. The number of amides is 1. The number of nitrogens with zero attached hydrogens (tertiary/aromatic N) is 1. The summed E-state index contributed by atoms with van der Waals surface area (Å²) in [5.74, 6) is -0.452. The van der Waals surface area contributed by atoms with Crippen LogP contribution in [-0.2, 0) is 9.84 Å². The summed E-state index contributed by atoms with van der Waals surface area (Å²) in [6.45, 7) is 1.04. The van der Waals surface area contributed by atoms with Crippen LogP contribution in [0.5, 0.6) is 0 Å². The molecule has 0 unspecified atom stereocenters. The van der Waals surface area contributed by atoms with E-state index in [0.29, 0.717) is 49.9 Å². The predicted molar refractivity (Wildman–Crippen MR) is 116 cm³/mol. The Hall–Kier alpha value is -2.25. The van der Waals surface area contributed by atoms with E-state index in [1.165, 1.54) is 12.1 Å². The monoisotopic (exact) mass is 445 g/mol. The van der Waals surface area contributed by atoms with Crippen molar-refractivity contribution in [3.05, 3.63) is 65.5 Å². The van der Waals surface area contributed by atoms with Crippen LogP contribution in [0.3, 0.4) is 0 Å². The van der Waals surface area contributed by atoms with Crippen molar-refractivity contribution in [3.8, 4) is 0 Å². The topological polar surface area (TPSA) is 74.7 Å². The molecule has 0 radical (unpaired) electrons. The van der Waals surface area contributed by atoms with E-state index in [1.54, 1.807) is 41.3 Å². The Morgan fingerprint density at radius 3 is 2.10 bits per heavy atom. The van der Waals surface area contributed by atoms with Crippen LogP contribution in [0.2, 0.25) is 0 Å². The highest BCUT2D eigenvalue weighted by Crippen LogP contribution is 2.32. The van der Waals surface area contributed by atoms with Gasteiger partial charge in [0.15, 0.2) is 9.84 Å². The number of aliphatic hydroxyl groups excluding tert-OH is 1. The summed E-state index contributed by atoms with van der Waals surface area (Å²) >= 11 is 0. The second-order valence-corrected chi connectivity index (χ2v) is 10.8. The van der Waals surface area contributed by atoms with Crippen molar-refractivity contribution in [2.45, 2.75) is 54.8 Å². The smallest absolute Gasteiger partial charge is 0.253 e. The van der Waals surface area contributed by atoms with Gasteiger partial charge in [-0.1, -0.05) is 25.0 Å². The van der Waals surface area contributed by atoms with Crippen LogP contribution in [0.4, 0.5) is 4.39 Å². The maximum atomic E-state index is 13.1. The van der Waals surface area contributed by atoms with E-state index < -0.39 is 15.9 Å². The van der Waals surface area contributed by atoms with Gasteiger partial charge in [-0.2, -0.15) is 0 Å². The van der Waals surface area contributed by atoms with Gasteiger partial charge in [0.2, 0.25) is 0 Å². The van der Waals surface area contributed by atoms with Crippen LogP contribution < -0.4 is 0 Å². The molecule has 1 amide bonds. The van der Waals surface area contributed by atoms with Gasteiger partial charge in [-0.25, -0.2) is 12.8 Å². The summed E-state index contributed by atoms with van der Waals surface area (Å²) in [5.41, 5.74) is 1.16. The van der Waals surface area contributed by atoms with Crippen LogP contribution in [0.1, 0.15) is 60.6 Å². The van der Waals surface area contributed by atoms with Crippen molar-refractivity contribution in [3.63, 3.8) is 0 Å². The van der Waals surface area contributed by atoms with Crippen LogP contribution in [0, 0.1) is 11.7 Å². The highest BCUT2D eigenvalue weighted by molar-refractivity contribution is 7.92. The number of hydrogen-bond donors (Lipinski definition) is 1. The molecular formula is C24H28FNO4S. The van der Waals surface area contributed by atoms with Gasteiger partial charge < -0.3 is 10.0 Å². The van der Waals surface area contributed by atoms with E-state index in [2.05, 4.69) is 0 Å². The molecule has 166 valence electrons. The lowest BCUT2D eigenvalue weighted by Crippen LogP contribution is -2.39. The first-order chi connectivity index (χ1) is 14.9. The second-order valence-electron chi connectivity index (χ2n) is 8.60. The molecule has 31 heavy (non-hydrogen) atoms. The molecule has 1 heterocycles. The zero-order chi connectivity index (χ0) is 22.0. The van der Waals surface area contributed by atoms with E-state index in [1.807, 2.05) is 0 Å². The second kappa shape index (κ2) is 9.09. The quantitative estimate of drug-likeness (QED) is 0.751. The van der Waals surface area contributed by atoms with Crippen LogP contribution in [0.15, 0.2) is 53.4 Å². The molecule has 5 nitrogen and oxygen atoms in total. The van der Waals surface area contributed by atoms with Gasteiger partial charge in [0.25, 0.3) is 5.91 Å². The first-order valence-corrected chi connectivity index (χ1v) is 12.5. The third-order valence-electron chi connectivity index (χ3n) is 6.66. The number of carbonyl (C=O) groups is 1. The molecule has 1 saturated carbocycles. The van der Waals surface area contributed by atoms with Crippen molar-refractivity contribution in [2.75, 3.05) is 13.1 Å². The Morgan fingerprint density at radius 2 is 1.52 bits per heavy atom. The maximum Gasteiger partial charge on any atom is 0.253 e. The van der Waals surface area contributed by atoms with Gasteiger partial charge in [-0.05, 0) is 73.6 Å². The average molecular weight is 446 g/mol. The minimum Gasteiger partial charge on any atom is -0.388 e. The molecule has 1 saturated heterocycles. The fourth-order valence-electron chi connectivity index (χ4n) is 4.71. The molecule has 2 aliphatic rings. The lowest BCUT2D eigenvalue weighted by atomic mass is 9.87. The lowest BCUT2D eigenvalue weighted by Gasteiger charge is -2.34. The fraction of sp³-hybridized carbons (Fsp3) is 0.458. The number of sulfone groups is 1. The van der Waals surface area contributed by atoms with Gasteiger partial charge >= 0.3 is 0 Å². The van der Waals surface area contributed by atoms with Gasteiger partial charge in [0.1, 0.15) is 5.82 Å². The summed E-state index contributed by atoms with van der Waals surface area (Å²) in [7, 11) is -3.33. The van der Waals surface area contributed by atoms with Crippen molar-refractivity contribution in [2.24, 2.45) is 5.92 Å². The Bertz CT molecular complexity index is 1010. The minimum absolute atomic E-state index is 0.00782. The standard InChI is InChI=1S/C24H28FNO4S/c25-20-9-5-17(6-10-20)23(27)18-13-15-26(16-14-18)24(28)19-7-11-22(12-8-19)31(29,30)21-3-1-2-4-21/h5-12,18,21,23,27H,1-4,13-16H2/t23-/m1/s1. The summed E-state index contributed by atoms with van der Waals surface area (Å²) < 4.78 is 38.5. The zero-order valence-electron chi connectivity index (χ0n) is 17.4. The van der Waals surface area contributed by atoms with Crippen molar-refractivity contribution in [1.82, 2.24) is 4.90 Å². The maximum absolute atomic E-state index is 13.1. The average Bonchev–Trinajstić information content (AvgIpc) is 3.35.